The molecule has 1 amide bonds. The molecule has 0 aliphatic heterocycles. The average molecular weight is 335 g/mol. The lowest BCUT2D eigenvalue weighted by Gasteiger charge is -2.13. The van der Waals surface area contributed by atoms with E-state index in [4.69, 9.17) is 10.5 Å². The summed E-state index contributed by atoms with van der Waals surface area (Å²) in [5.41, 5.74) is 5.86. The van der Waals surface area contributed by atoms with E-state index >= 15 is 0 Å². The molecular weight excluding hydrogens is 314 g/mol. The zero-order valence-electron chi connectivity index (χ0n) is 12.5. The van der Waals surface area contributed by atoms with Gasteiger partial charge in [-0.3, -0.25) is 4.79 Å². The number of nitrogens with one attached hydrogen (secondary N) is 2. The first-order valence-corrected chi connectivity index (χ1v) is 9.09. The Labute approximate surface area is 128 Å². The van der Waals surface area contributed by atoms with E-state index in [2.05, 4.69) is 10.6 Å². The van der Waals surface area contributed by atoms with E-state index in [1.165, 1.54) is 0 Å². The van der Waals surface area contributed by atoms with Crippen molar-refractivity contribution in [1.82, 2.24) is 5.32 Å². The molecule has 9 heteroatoms. The number of nitrogen functional groups attached to an aromatic ring is 1. The molecule has 0 radical (unpaired) electrons. The maximum atomic E-state index is 11.9. The number of nitrogens with two attached hydrogens (primary N) is 1. The van der Waals surface area contributed by atoms with Crippen LogP contribution >= 0.6 is 11.3 Å². The van der Waals surface area contributed by atoms with Crippen molar-refractivity contribution in [3.05, 3.63) is 4.88 Å². The number of hydrogen-bond acceptors (Lipinski definition) is 7. The summed E-state index contributed by atoms with van der Waals surface area (Å²) in [6, 6.07) is -0.115. The highest BCUT2D eigenvalue weighted by Crippen LogP contribution is 2.39. The number of ether oxygens (including phenoxy) is 1. The van der Waals surface area contributed by atoms with Crippen LogP contribution in [0.15, 0.2) is 4.90 Å². The molecule has 0 aromatic carbocycles. The molecule has 21 heavy (non-hydrogen) atoms. The van der Waals surface area contributed by atoms with Crippen molar-refractivity contribution in [1.29, 1.82) is 0 Å². The summed E-state index contributed by atoms with van der Waals surface area (Å²) in [4.78, 5) is 12.1. The Hall–Kier alpha value is -1.32. The molecule has 1 heterocycles. The molecule has 0 aliphatic rings. The second-order valence-corrected chi connectivity index (χ2v) is 7.61. The number of sulfone groups is 1. The van der Waals surface area contributed by atoms with Crippen molar-refractivity contribution in [3.8, 4) is 0 Å². The molecule has 0 fully saturated rings. The lowest BCUT2D eigenvalue weighted by atomic mass is 10.3. The van der Waals surface area contributed by atoms with Crippen LogP contribution in [0.3, 0.4) is 0 Å². The number of hydrogen-bond donors (Lipinski definition) is 3. The summed E-state index contributed by atoms with van der Waals surface area (Å²) in [5.74, 6) is -0.377. The van der Waals surface area contributed by atoms with Crippen LogP contribution in [0.1, 0.15) is 23.5 Å². The van der Waals surface area contributed by atoms with Crippen LogP contribution in [-0.2, 0) is 14.6 Å². The molecule has 1 aromatic rings. The summed E-state index contributed by atoms with van der Waals surface area (Å²) in [5, 5.41) is 6.01. The number of rotatable bonds is 7. The third kappa shape index (κ3) is 4.32. The quantitative estimate of drug-likeness (QED) is 0.684. The first-order chi connectivity index (χ1) is 9.72. The SMILES string of the molecule is CCNC(=O)c1sc(NC(C)COC)c(S(C)(=O)=O)c1N. The molecule has 1 aromatic heterocycles. The van der Waals surface area contributed by atoms with Gasteiger partial charge in [0.05, 0.1) is 12.3 Å². The van der Waals surface area contributed by atoms with Crippen LogP contribution in [0.4, 0.5) is 10.7 Å². The van der Waals surface area contributed by atoms with Crippen molar-refractivity contribution in [2.24, 2.45) is 0 Å². The van der Waals surface area contributed by atoms with Crippen LogP contribution in [0.2, 0.25) is 0 Å². The molecule has 4 N–H and O–H groups in total. The molecular formula is C12H21N3O4S2. The predicted octanol–water partition coefficient (Wildman–Crippen LogP) is 0.930. The van der Waals surface area contributed by atoms with E-state index in [1.54, 1.807) is 14.0 Å². The van der Waals surface area contributed by atoms with Gasteiger partial charge >= 0.3 is 0 Å². The largest absolute Gasteiger partial charge is 0.396 e. The van der Waals surface area contributed by atoms with E-state index in [9.17, 15) is 13.2 Å². The van der Waals surface area contributed by atoms with E-state index in [1.807, 2.05) is 6.92 Å². The van der Waals surface area contributed by atoms with Gasteiger partial charge in [-0.1, -0.05) is 0 Å². The molecule has 7 nitrogen and oxygen atoms in total. The molecule has 0 bridgehead atoms. The number of carbonyl (C=O) groups excluding carboxylic acids is 1. The van der Waals surface area contributed by atoms with Crippen LogP contribution in [0.5, 0.6) is 0 Å². The van der Waals surface area contributed by atoms with Crippen molar-refractivity contribution in [2.75, 3.05) is 37.6 Å². The molecule has 1 rings (SSSR count). The second-order valence-electron chi connectivity index (χ2n) is 4.64. The monoisotopic (exact) mass is 335 g/mol. The molecule has 0 spiro atoms. The third-order valence-electron chi connectivity index (χ3n) is 2.61. The lowest BCUT2D eigenvalue weighted by molar-refractivity contribution is 0.0960. The molecule has 0 aliphatic carbocycles. The predicted molar refractivity (Wildman–Crippen MR) is 84.8 cm³/mol. The molecule has 1 atom stereocenters. The Morgan fingerprint density at radius 1 is 1.48 bits per heavy atom. The van der Waals surface area contributed by atoms with Gasteiger partial charge in [0.25, 0.3) is 5.91 Å². The van der Waals surface area contributed by atoms with Crippen molar-refractivity contribution >= 4 is 37.8 Å². The van der Waals surface area contributed by atoms with Crippen LogP contribution in [0.25, 0.3) is 0 Å². The number of amides is 1. The van der Waals surface area contributed by atoms with Gasteiger partial charge in [0.1, 0.15) is 14.8 Å². The second kappa shape index (κ2) is 7.10. The Morgan fingerprint density at radius 2 is 2.10 bits per heavy atom. The first-order valence-electron chi connectivity index (χ1n) is 6.38. The van der Waals surface area contributed by atoms with Gasteiger partial charge in [-0.05, 0) is 13.8 Å². The average Bonchev–Trinajstić information content (AvgIpc) is 2.66. The lowest BCUT2D eigenvalue weighted by Crippen LogP contribution is -2.22. The minimum atomic E-state index is -3.55. The van der Waals surface area contributed by atoms with Crippen molar-refractivity contribution in [3.63, 3.8) is 0 Å². The number of anilines is 2. The number of methoxy groups -OCH3 is 1. The Kier molecular flexibility index (Phi) is 5.99. The standard InChI is InChI=1S/C12H21N3O4S2/c1-5-14-11(16)9-8(13)10(21(4,17)18)12(20-9)15-7(2)6-19-3/h7,15H,5-6,13H2,1-4H3,(H,14,16). The Bertz CT molecular complexity index is 610. The fourth-order valence-corrected chi connectivity index (χ4v) is 4.40. The zero-order chi connectivity index (χ0) is 16.2. The topological polar surface area (TPSA) is 111 Å². The van der Waals surface area contributed by atoms with Gasteiger partial charge in [0, 0.05) is 26.0 Å². The molecule has 0 saturated carbocycles. The normalized spacial score (nSPS) is 13.0. The third-order valence-corrected chi connectivity index (χ3v) is 5.04. The van der Waals surface area contributed by atoms with E-state index in [-0.39, 0.29) is 27.4 Å². The summed E-state index contributed by atoms with van der Waals surface area (Å²) in [6.07, 6.45) is 1.07. The van der Waals surface area contributed by atoms with Crippen LogP contribution in [0, 0.1) is 0 Å². The maximum absolute atomic E-state index is 11.9. The van der Waals surface area contributed by atoms with Gasteiger partial charge < -0.3 is 21.1 Å². The maximum Gasteiger partial charge on any atom is 0.263 e. The molecule has 1 unspecified atom stereocenters. The van der Waals surface area contributed by atoms with Gasteiger partial charge in [0.15, 0.2) is 9.84 Å². The molecule has 0 saturated heterocycles. The van der Waals surface area contributed by atoms with Crippen LogP contribution in [-0.4, -0.2) is 46.9 Å². The van der Waals surface area contributed by atoms with E-state index < -0.39 is 9.84 Å². The van der Waals surface area contributed by atoms with Crippen LogP contribution < -0.4 is 16.4 Å². The van der Waals surface area contributed by atoms with Gasteiger partial charge in [-0.15, -0.1) is 11.3 Å². The van der Waals surface area contributed by atoms with Crippen molar-refractivity contribution < 1.29 is 17.9 Å². The fourth-order valence-electron chi connectivity index (χ4n) is 1.82. The highest BCUT2D eigenvalue weighted by Gasteiger charge is 2.27. The summed E-state index contributed by atoms with van der Waals surface area (Å²) < 4.78 is 28.9. The highest BCUT2D eigenvalue weighted by atomic mass is 32.2. The van der Waals surface area contributed by atoms with Gasteiger partial charge in [-0.2, -0.15) is 0 Å². The Balaban J connectivity index is 3.28. The van der Waals surface area contributed by atoms with Crippen molar-refractivity contribution in [2.45, 2.75) is 24.8 Å². The summed E-state index contributed by atoms with van der Waals surface area (Å²) in [6.45, 7) is 4.46. The van der Waals surface area contributed by atoms with E-state index in [0.717, 1.165) is 17.6 Å². The minimum Gasteiger partial charge on any atom is -0.396 e. The first kappa shape index (κ1) is 17.7. The fraction of sp³-hybridized carbons (Fsp3) is 0.583. The highest BCUT2D eigenvalue weighted by molar-refractivity contribution is 7.91. The van der Waals surface area contributed by atoms with E-state index in [0.29, 0.717) is 18.2 Å². The number of thiophene rings is 1. The summed E-state index contributed by atoms with van der Waals surface area (Å²) >= 11 is 1.03. The zero-order valence-corrected chi connectivity index (χ0v) is 14.2. The minimum absolute atomic E-state index is 0.0134. The Morgan fingerprint density at radius 3 is 2.57 bits per heavy atom. The van der Waals surface area contributed by atoms with Gasteiger partial charge in [-0.25, -0.2) is 8.42 Å². The van der Waals surface area contributed by atoms with Gasteiger partial charge in [0.2, 0.25) is 0 Å². The molecule has 120 valence electrons. The smallest absolute Gasteiger partial charge is 0.263 e. The number of carbonyl (C=O) groups is 1. The summed E-state index contributed by atoms with van der Waals surface area (Å²) in [7, 11) is -2.00.